The Morgan fingerprint density at radius 1 is 1.09 bits per heavy atom. The summed E-state index contributed by atoms with van der Waals surface area (Å²) in [7, 11) is -2.15. The van der Waals surface area contributed by atoms with Crippen LogP contribution in [0.2, 0.25) is 0 Å². The van der Waals surface area contributed by atoms with Gasteiger partial charge in [-0.15, -0.1) is 0 Å². The molecular formula is C17H20N2O3S. The van der Waals surface area contributed by atoms with Gasteiger partial charge in [0, 0.05) is 19.2 Å². The van der Waals surface area contributed by atoms with Gasteiger partial charge in [0.25, 0.3) is 5.91 Å². The van der Waals surface area contributed by atoms with E-state index in [0.29, 0.717) is 17.7 Å². The van der Waals surface area contributed by atoms with Gasteiger partial charge in [-0.25, -0.2) is 13.6 Å². The Bertz CT molecular complexity index is 827. The third-order valence-corrected chi connectivity index (χ3v) is 4.57. The highest BCUT2D eigenvalue weighted by atomic mass is 32.2. The zero-order valence-electron chi connectivity index (χ0n) is 13.4. The molecular weight excluding hydrogens is 312 g/mol. The summed E-state index contributed by atoms with van der Waals surface area (Å²) in [6.07, 6.45) is 0. The summed E-state index contributed by atoms with van der Waals surface area (Å²) >= 11 is 0. The summed E-state index contributed by atoms with van der Waals surface area (Å²) in [5.41, 5.74) is 3.20. The molecule has 0 atom stereocenters. The average molecular weight is 332 g/mol. The predicted octanol–water partition coefficient (Wildman–Crippen LogP) is 2.22. The van der Waals surface area contributed by atoms with Crippen molar-refractivity contribution in [1.29, 1.82) is 0 Å². The van der Waals surface area contributed by atoms with E-state index in [2.05, 4.69) is 0 Å². The van der Waals surface area contributed by atoms with Crippen molar-refractivity contribution in [1.82, 2.24) is 4.90 Å². The molecule has 0 saturated carbocycles. The predicted molar refractivity (Wildman–Crippen MR) is 89.5 cm³/mol. The zero-order valence-corrected chi connectivity index (χ0v) is 14.2. The van der Waals surface area contributed by atoms with Crippen molar-refractivity contribution < 1.29 is 13.2 Å². The number of primary sulfonamides is 1. The lowest BCUT2D eigenvalue weighted by Gasteiger charge is -2.19. The first-order valence-corrected chi connectivity index (χ1v) is 8.67. The van der Waals surface area contributed by atoms with Gasteiger partial charge >= 0.3 is 0 Å². The molecule has 0 fully saturated rings. The molecule has 5 nitrogen and oxygen atoms in total. The number of carbonyl (C=O) groups excluding carboxylic acids is 1. The number of hydrogen-bond donors (Lipinski definition) is 1. The Morgan fingerprint density at radius 2 is 1.70 bits per heavy atom. The second-order valence-electron chi connectivity index (χ2n) is 5.67. The highest BCUT2D eigenvalue weighted by Gasteiger charge is 2.18. The molecule has 2 rings (SSSR count). The minimum absolute atomic E-state index is 0.0600. The maximum absolute atomic E-state index is 12.6. The molecule has 2 aromatic carbocycles. The van der Waals surface area contributed by atoms with E-state index in [1.165, 1.54) is 12.1 Å². The number of nitrogens with two attached hydrogens (primary N) is 1. The molecule has 0 spiro atoms. The van der Waals surface area contributed by atoms with E-state index < -0.39 is 10.0 Å². The summed E-state index contributed by atoms with van der Waals surface area (Å²) in [4.78, 5) is 14.1. The van der Waals surface area contributed by atoms with Crippen LogP contribution < -0.4 is 5.14 Å². The Labute approximate surface area is 136 Å². The highest BCUT2D eigenvalue weighted by molar-refractivity contribution is 7.89. The van der Waals surface area contributed by atoms with Crippen molar-refractivity contribution in [2.45, 2.75) is 25.3 Å². The van der Waals surface area contributed by atoms with E-state index in [-0.39, 0.29) is 10.8 Å². The van der Waals surface area contributed by atoms with Crippen LogP contribution in [0.25, 0.3) is 0 Å². The van der Waals surface area contributed by atoms with E-state index in [1.807, 2.05) is 31.2 Å². The molecule has 0 bridgehead atoms. The molecule has 0 aliphatic rings. The second kappa shape index (κ2) is 6.52. The van der Waals surface area contributed by atoms with Crippen molar-refractivity contribution in [3.63, 3.8) is 0 Å². The van der Waals surface area contributed by atoms with Crippen LogP contribution in [-0.4, -0.2) is 26.3 Å². The number of aryl methyl sites for hydroxylation is 2. The van der Waals surface area contributed by atoms with E-state index in [9.17, 15) is 13.2 Å². The van der Waals surface area contributed by atoms with Crippen molar-refractivity contribution in [3.05, 3.63) is 64.7 Å². The summed E-state index contributed by atoms with van der Waals surface area (Å²) in [6.45, 7) is 4.21. The minimum Gasteiger partial charge on any atom is -0.337 e. The minimum atomic E-state index is -3.84. The van der Waals surface area contributed by atoms with Gasteiger partial charge in [0.15, 0.2) is 0 Å². The van der Waals surface area contributed by atoms with Crippen LogP contribution in [0, 0.1) is 13.8 Å². The molecule has 0 aliphatic carbocycles. The summed E-state index contributed by atoms with van der Waals surface area (Å²) in [6, 6.07) is 12.2. The number of carbonyl (C=O) groups is 1. The lowest BCUT2D eigenvalue weighted by atomic mass is 10.1. The largest absolute Gasteiger partial charge is 0.337 e. The maximum Gasteiger partial charge on any atom is 0.254 e. The van der Waals surface area contributed by atoms with Crippen LogP contribution in [-0.2, 0) is 16.6 Å². The molecule has 23 heavy (non-hydrogen) atoms. The SMILES string of the molecule is Cc1ccc(CN(C)C(=O)c2cc(S(N)(=O)=O)ccc2C)cc1. The quantitative estimate of drug-likeness (QED) is 0.932. The molecule has 0 aromatic heterocycles. The standard InChI is InChI=1S/C17H20N2O3S/c1-12-4-7-14(8-5-12)11-19(3)17(20)16-10-15(23(18,21)22)9-6-13(16)2/h4-10H,11H2,1-3H3,(H2,18,21,22). The number of hydrogen-bond acceptors (Lipinski definition) is 3. The van der Waals surface area contributed by atoms with E-state index in [1.54, 1.807) is 24.9 Å². The lowest BCUT2D eigenvalue weighted by Crippen LogP contribution is -2.27. The maximum atomic E-state index is 12.6. The summed E-state index contributed by atoms with van der Waals surface area (Å²) < 4.78 is 22.9. The molecule has 122 valence electrons. The first-order chi connectivity index (χ1) is 10.7. The topological polar surface area (TPSA) is 80.5 Å². The van der Waals surface area contributed by atoms with Crippen LogP contribution >= 0.6 is 0 Å². The molecule has 2 aromatic rings. The zero-order chi connectivity index (χ0) is 17.2. The van der Waals surface area contributed by atoms with Crippen molar-refractivity contribution >= 4 is 15.9 Å². The first-order valence-electron chi connectivity index (χ1n) is 7.13. The number of rotatable bonds is 4. The Morgan fingerprint density at radius 3 is 2.26 bits per heavy atom. The second-order valence-corrected chi connectivity index (χ2v) is 7.23. The fourth-order valence-electron chi connectivity index (χ4n) is 2.25. The molecule has 2 N–H and O–H groups in total. The number of benzene rings is 2. The Kier molecular flexibility index (Phi) is 4.87. The first kappa shape index (κ1) is 17.2. The van der Waals surface area contributed by atoms with Gasteiger partial charge in [0.05, 0.1) is 4.90 Å². The number of amides is 1. The molecule has 0 saturated heterocycles. The monoisotopic (exact) mass is 332 g/mol. The average Bonchev–Trinajstić information content (AvgIpc) is 2.48. The third kappa shape index (κ3) is 4.18. The molecule has 0 heterocycles. The third-order valence-electron chi connectivity index (χ3n) is 3.66. The molecule has 1 amide bonds. The van der Waals surface area contributed by atoms with Gasteiger partial charge in [-0.05, 0) is 37.1 Å². The summed E-state index contributed by atoms with van der Waals surface area (Å²) in [5.74, 6) is -0.242. The van der Waals surface area contributed by atoms with Crippen LogP contribution in [0.1, 0.15) is 27.0 Å². The van der Waals surface area contributed by atoms with Gasteiger partial charge in [0.2, 0.25) is 10.0 Å². The van der Waals surface area contributed by atoms with Crippen LogP contribution in [0.15, 0.2) is 47.4 Å². The van der Waals surface area contributed by atoms with Crippen molar-refractivity contribution in [2.75, 3.05) is 7.05 Å². The number of nitrogens with zero attached hydrogens (tertiary/aromatic N) is 1. The molecule has 0 radical (unpaired) electrons. The smallest absolute Gasteiger partial charge is 0.254 e. The summed E-state index contributed by atoms with van der Waals surface area (Å²) in [5, 5.41) is 5.14. The van der Waals surface area contributed by atoms with Crippen molar-refractivity contribution in [3.8, 4) is 0 Å². The fraction of sp³-hybridized carbons (Fsp3) is 0.235. The highest BCUT2D eigenvalue weighted by Crippen LogP contribution is 2.17. The van der Waals surface area contributed by atoms with Gasteiger partial charge in [0.1, 0.15) is 0 Å². The molecule has 0 aliphatic heterocycles. The van der Waals surface area contributed by atoms with Gasteiger partial charge in [-0.2, -0.15) is 0 Å². The van der Waals surface area contributed by atoms with Crippen molar-refractivity contribution in [2.24, 2.45) is 5.14 Å². The lowest BCUT2D eigenvalue weighted by molar-refractivity contribution is 0.0784. The van der Waals surface area contributed by atoms with E-state index in [4.69, 9.17) is 5.14 Å². The van der Waals surface area contributed by atoms with Gasteiger partial charge < -0.3 is 4.90 Å². The number of sulfonamides is 1. The Balaban J connectivity index is 2.27. The van der Waals surface area contributed by atoms with Crippen LogP contribution in [0.5, 0.6) is 0 Å². The fourth-order valence-corrected chi connectivity index (χ4v) is 2.79. The normalized spacial score (nSPS) is 11.3. The Hall–Kier alpha value is -2.18. The van der Waals surface area contributed by atoms with Crippen LogP contribution in [0.4, 0.5) is 0 Å². The van der Waals surface area contributed by atoms with Gasteiger partial charge in [-0.3, -0.25) is 4.79 Å². The molecule has 6 heteroatoms. The van der Waals surface area contributed by atoms with Crippen LogP contribution in [0.3, 0.4) is 0 Å². The van der Waals surface area contributed by atoms with E-state index >= 15 is 0 Å². The van der Waals surface area contributed by atoms with E-state index in [0.717, 1.165) is 11.1 Å². The van der Waals surface area contributed by atoms with Gasteiger partial charge in [-0.1, -0.05) is 35.9 Å². The molecule has 0 unspecified atom stereocenters.